The Morgan fingerprint density at radius 2 is 0.774 bits per heavy atom. The van der Waals surface area contributed by atoms with E-state index < -0.39 is 0 Å². The second-order valence-electron chi connectivity index (χ2n) is 14.3. The van der Waals surface area contributed by atoms with Gasteiger partial charge in [0.05, 0.1) is 0 Å². The maximum Gasteiger partial charge on any atom is 0.0468 e. The molecular formula is C51H40N2. The van der Waals surface area contributed by atoms with Crippen LogP contribution in [0.2, 0.25) is 0 Å². The molecule has 0 unspecified atom stereocenters. The molecule has 0 aromatic heterocycles. The van der Waals surface area contributed by atoms with Gasteiger partial charge in [0.15, 0.2) is 0 Å². The predicted molar refractivity (Wildman–Crippen MR) is 226 cm³/mol. The quantitative estimate of drug-likeness (QED) is 0.147. The Morgan fingerprint density at radius 3 is 1.40 bits per heavy atom. The first kappa shape index (κ1) is 32.3. The lowest BCUT2D eigenvalue weighted by molar-refractivity contribution is 0.660. The van der Waals surface area contributed by atoms with Crippen LogP contribution >= 0.6 is 0 Å². The van der Waals surface area contributed by atoms with Crippen LogP contribution in [0.5, 0.6) is 0 Å². The maximum absolute atomic E-state index is 2.40. The number of para-hydroxylation sites is 2. The van der Waals surface area contributed by atoms with Crippen LogP contribution in [0.15, 0.2) is 194 Å². The highest BCUT2D eigenvalue weighted by atomic mass is 15.1. The lowest BCUT2D eigenvalue weighted by Crippen LogP contribution is -2.16. The normalized spacial score (nSPS) is 12.8. The molecule has 9 rings (SSSR count). The monoisotopic (exact) mass is 680 g/mol. The van der Waals surface area contributed by atoms with Gasteiger partial charge in [0, 0.05) is 39.5 Å². The van der Waals surface area contributed by atoms with Crippen molar-refractivity contribution in [3.05, 3.63) is 216 Å². The predicted octanol–water partition coefficient (Wildman–Crippen LogP) is 14.3. The third kappa shape index (κ3) is 6.09. The largest absolute Gasteiger partial charge is 0.311 e. The van der Waals surface area contributed by atoms with Crippen molar-refractivity contribution in [2.75, 3.05) is 9.80 Å². The van der Waals surface area contributed by atoms with Crippen molar-refractivity contribution in [1.82, 2.24) is 0 Å². The van der Waals surface area contributed by atoms with E-state index in [-0.39, 0.29) is 5.41 Å². The van der Waals surface area contributed by atoms with E-state index in [1.165, 1.54) is 33.0 Å². The van der Waals surface area contributed by atoms with Gasteiger partial charge in [-0.05, 0) is 117 Å². The summed E-state index contributed by atoms with van der Waals surface area (Å²) in [6.07, 6.45) is 4.38. The van der Waals surface area contributed by atoms with Gasteiger partial charge in [0.2, 0.25) is 0 Å². The molecule has 2 heteroatoms. The highest BCUT2D eigenvalue weighted by Gasteiger charge is 2.35. The molecule has 2 nitrogen and oxygen atoms in total. The molecule has 0 aliphatic heterocycles. The number of hydrogen-bond donors (Lipinski definition) is 0. The molecule has 0 saturated carbocycles. The Bertz CT molecular complexity index is 2530. The summed E-state index contributed by atoms with van der Waals surface area (Å²) in [5.41, 5.74) is 14.4. The average Bonchev–Trinajstić information content (AvgIpc) is 3.44. The SMILES string of the molecule is CC1(C)c2ccccc2-c2ccc(N(c3ccc(/C=C/c4ccc(N(c5ccccc5)c5ccccc5)cc4)cc3)c3ccc4ccccc4c3)cc21. The summed E-state index contributed by atoms with van der Waals surface area (Å²) in [4.78, 5) is 4.68. The van der Waals surface area contributed by atoms with Crippen LogP contribution in [0.1, 0.15) is 36.1 Å². The van der Waals surface area contributed by atoms with E-state index in [2.05, 4.69) is 230 Å². The third-order valence-corrected chi connectivity index (χ3v) is 10.6. The molecule has 0 saturated heterocycles. The topological polar surface area (TPSA) is 6.48 Å². The van der Waals surface area contributed by atoms with Gasteiger partial charge in [-0.2, -0.15) is 0 Å². The Labute approximate surface area is 312 Å². The molecule has 8 aromatic carbocycles. The average molecular weight is 681 g/mol. The molecule has 0 amide bonds. The summed E-state index contributed by atoms with van der Waals surface area (Å²) in [6.45, 7) is 4.69. The number of nitrogens with zero attached hydrogens (tertiary/aromatic N) is 2. The zero-order chi connectivity index (χ0) is 35.8. The first-order valence-corrected chi connectivity index (χ1v) is 18.3. The molecule has 0 radical (unpaired) electrons. The van der Waals surface area contributed by atoms with Gasteiger partial charge in [0.1, 0.15) is 0 Å². The first-order valence-electron chi connectivity index (χ1n) is 18.3. The van der Waals surface area contributed by atoms with E-state index in [4.69, 9.17) is 0 Å². The first-order chi connectivity index (χ1) is 26.0. The summed E-state index contributed by atoms with van der Waals surface area (Å²) in [5, 5.41) is 2.47. The molecular weight excluding hydrogens is 641 g/mol. The van der Waals surface area contributed by atoms with Crippen molar-refractivity contribution < 1.29 is 0 Å². The van der Waals surface area contributed by atoms with Crippen molar-refractivity contribution in [2.24, 2.45) is 0 Å². The highest BCUT2D eigenvalue weighted by Crippen LogP contribution is 2.50. The molecule has 53 heavy (non-hydrogen) atoms. The van der Waals surface area contributed by atoms with E-state index >= 15 is 0 Å². The van der Waals surface area contributed by atoms with Gasteiger partial charge in [-0.1, -0.05) is 147 Å². The van der Waals surface area contributed by atoms with Crippen LogP contribution in [0.25, 0.3) is 34.1 Å². The summed E-state index contributed by atoms with van der Waals surface area (Å²) < 4.78 is 0. The van der Waals surface area contributed by atoms with Gasteiger partial charge >= 0.3 is 0 Å². The van der Waals surface area contributed by atoms with Crippen LogP contribution in [-0.2, 0) is 5.41 Å². The molecule has 8 aromatic rings. The highest BCUT2D eigenvalue weighted by molar-refractivity contribution is 5.91. The molecule has 0 spiro atoms. The van der Waals surface area contributed by atoms with Crippen molar-refractivity contribution in [1.29, 1.82) is 0 Å². The van der Waals surface area contributed by atoms with Gasteiger partial charge in [0.25, 0.3) is 0 Å². The minimum Gasteiger partial charge on any atom is -0.311 e. The summed E-state index contributed by atoms with van der Waals surface area (Å²) in [7, 11) is 0. The van der Waals surface area contributed by atoms with E-state index in [0.717, 1.165) is 45.3 Å². The van der Waals surface area contributed by atoms with Crippen LogP contribution in [0, 0.1) is 0 Å². The lowest BCUT2D eigenvalue weighted by atomic mass is 9.82. The van der Waals surface area contributed by atoms with Crippen LogP contribution in [0.3, 0.4) is 0 Å². The van der Waals surface area contributed by atoms with Crippen molar-refractivity contribution >= 4 is 57.0 Å². The number of fused-ring (bicyclic) bond motifs is 4. The second-order valence-corrected chi connectivity index (χ2v) is 14.3. The zero-order valence-corrected chi connectivity index (χ0v) is 30.0. The van der Waals surface area contributed by atoms with E-state index in [0.29, 0.717) is 0 Å². The van der Waals surface area contributed by atoms with Crippen molar-refractivity contribution in [2.45, 2.75) is 19.3 Å². The van der Waals surface area contributed by atoms with E-state index in [9.17, 15) is 0 Å². The second kappa shape index (κ2) is 13.5. The van der Waals surface area contributed by atoms with E-state index in [1.54, 1.807) is 0 Å². The smallest absolute Gasteiger partial charge is 0.0468 e. The fourth-order valence-corrected chi connectivity index (χ4v) is 7.86. The van der Waals surface area contributed by atoms with Gasteiger partial charge < -0.3 is 9.80 Å². The third-order valence-electron chi connectivity index (χ3n) is 10.6. The number of benzene rings is 8. The van der Waals surface area contributed by atoms with Gasteiger partial charge in [-0.3, -0.25) is 0 Å². The summed E-state index contributed by atoms with van der Waals surface area (Å²) in [6, 6.07) is 69.9. The van der Waals surface area contributed by atoms with Gasteiger partial charge in [-0.15, -0.1) is 0 Å². The molecule has 0 fully saturated rings. The molecule has 1 aliphatic rings. The Morgan fingerprint density at radius 1 is 0.340 bits per heavy atom. The fraction of sp³-hybridized carbons (Fsp3) is 0.0588. The minimum absolute atomic E-state index is 0.0781. The molecule has 254 valence electrons. The molecule has 0 atom stereocenters. The van der Waals surface area contributed by atoms with Gasteiger partial charge in [-0.25, -0.2) is 0 Å². The summed E-state index contributed by atoms with van der Waals surface area (Å²) >= 11 is 0. The fourth-order valence-electron chi connectivity index (χ4n) is 7.86. The van der Waals surface area contributed by atoms with Crippen molar-refractivity contribution in [3.63, 3.8) is 0 Å². The lowest BCUT2D eigenvalue weighted by Gasteiger charge is -2.28. The maximum atomic E-state index is 2.40. The molecule has 0 N–H and O–H groups in total. The number of hydrogen-bond acceptors (Lipinski definition) is 2. The Kier molecular flexibility index (Phi) is 8.21. The summed E-state index contributed by atoms with van der Waals surface area (Å²) in [5.74, 6) is 0. The standard InChI is InChI=1S/C51H40N2/c1-51(2)49-20-12-11-19-47(49)48-34-33-46(36-50(48)51)53(45-32-27-39-13-9-10-14-40(39)35-45)44-30-25-38(26-31-44)22-21-37-23-28-43(29-24-37)52(41-15-5-3-6-16-41)42-17-7-4-8-18-42/h3-36H,1-2H3/b22-21+. The Balaban J connectivity index is 1.03. The van der Waals surface area contributed by atoms with Crippen molar-refractivity contribution in [3.8, 4) is 11.1 Å². The molecule has 0 bridgehead atoms. The van der Waals surface area contributed by atoms with Crippen LogP contribution < -0.4 is 9.80 Å². The Hall–Kier alpha value is -6.64. The van der Waals surface area contributed by atoms with Crippen LogP contribution in [-0.4, -0.2) is 0 Å². The van der Waals surface area contributed by atoms with Crippen LogP contribution in [0.4, 0.5) is 34.1 Å². The number of anilines is 6. The van der Waals surface area contributed by atoms with E-state index in [1.807, 2.05) is 0 Å². The molecule has 0 heterocycles. The zero-order valence-electron chi connectivity index (χ0n) is 30.0. The molecule has 1 aliphatic carbocycles. The number of rotatable bonds is 8. The minimum atomic E-state index is -0.0781.